The second-order valence-electron chi connectivity index (χ2n) is 7.73. The first-order chi connectivity index (χ1) is 16.1. The number of fused-ring (bicyclic) bond motifs is 1. The van der Waals surface area contributed by atoms with Crippen LogP contribution >= 0.6 is 0 Å². The third-order valence-corrected chi connectivity index (χ3v) is 5.26. The number of rotatable bonds is 7. The van der Waals surface area contributed by atoms with Crippen molar-refractivity contribution in [2.24, 2.45) is 0 Å². The number of aliphatic carboxylic acids is 1. The highest BCUT2D eigenvalue weighted by Gasteiger charge is 2.30. The van der Waals surface area contributed by atoms with E-state index in [4.69, 9.17) is 14.6 Å². The fourth-order valence-electron chi connectivity index (χ4n) is 3.45. The van der Waals surface area contributed by atoms with Crippen molar-refractivity contribution in [2.75, 3.05) is 0 Å². The first-order valence-corrected chi connectivity index (χ1v) is 10.4. The van der Waals surface area contributed by atoms with Crippen molar-refractivity contribution in [2.45, 2.75) is 32.2 Å². The molecule has 0 radical (unpaired) electrons. The van der Waals surface area contributed by atoms with Crippen molar-refractivity contribution >= 4 is 16.9 Å². The Kier molecular flexibility index (Phi) is 6.19. The molecule has 0 aliphatic carbocycles. The number of ether oxygens (including phenoxy) is 2. The number of benzene rings is 3. The van der Waals surface area contributed by atoms with Crippen molar-refractivity contribution in [3.63, 3.8) is 0 Å². The van der Waals surface area contributed by atoms with Crippen LogP contribution in [0.25, 0.3) is 16.6 Å². The van der Waals surface area contributed by atoms with Crippen LogP contribution in [-0.2, 0) is 11.0 Å². The Morgan fingerprint density at radius 2 is 1.56 bits per heavy atom. The second-order valence-corrected chi connectivity index (χ2v) is 7.73. The SMILES string of the molecule is CC(Oc1ccc(OC(C)c2cccc3cn(-c4ccc(C(F)(F)F)cc4)nc23)cc1)C(=O)O. The van der Waals surface area contributed by atoms with Gasteiger partial charge in [-0.2, -0.15) is 18.3 Å². The average Bonchev–Trinajstić information content (AvgIpc) is 3.24. The van der Waals surface area contributed by atoms with Gasteiger partial charge in [0.2, 0.25) is 0 Å². The van der Waals surface area contributed by atoms with Crippen LogP contribution in [0.4, 0.5) is 13.2 Å². The Balaban J connectivity index is 1.54. The molecule has 0 saturated carbocycles. The number of halogens is 3. The normalized spacial score (nSPS) is 13.4. The lowest BCUT2D eigenvalue weighted by Crippen LogP contribution is -2.22. The molecule has 2 atom stereocenters. The fourth-order valence-corrected chi connectivity index (χ4v) is 3.45. The van der Waals surface area contributed by atoms with Crippen LogP contribution in [0.15, 0.2) is 72.9 Å². The zero-order chi connectivity index (χ0) is 24.5. The number of hydrogen-bond donors (Lipinski definition) is 1. The van der Waals surface area contributed by atoms with E-state index >= 15 is 0 Å². The van der Waals surface area contributed by atoms with Gasteiger partial charge in [-0.3, -0.25) is 0 Å². The number of carboxylic acid groups (broad SMARTS) is 1. The summed E-state index contributed by atoms with van der Waals surface area (Å²) in [5.41, 5.74) is 1.27. The molecule has 9 heteroatoms. The van der Waals surface area contributed by atoms with Gasteiger partial charge in [0.1, 0.15) is 17.6 Å². The second kappa shape index (κ2) is 9.09. The molecule has 34 heavy (non-hydrogen) atoms. The van der Waals surface area contributed by atoms with E-state index in [0.717, 1.165) is 23.1 Å². The van der Waals surface area contributed by atoms with Gasteiger partial charge in [-0.15, -0.1) is 0 Å². The van der Waals surface area contributed by atoms with E-state index in [1.165, 1.54) is 23.7 Å². The lowest BCUT2D eigenvalue weighted by atomic mass is 10.1. The summed E-state index contributed by atoms with van der Waals surface area (Å²) < 4.78 is 51.5. The van der Waals surface area contributed by atoms with E-state index in [-0.39, 0.29) is 6.10 Å². The predicted octanol–water partition coefficient (Wildman–Crippen LogP) is 6.04. The summed E-state index contributed by atoms with van der Waals surface area (Å²) in [6.07, 6.45) is -4.00. The van der Waals surface area contributed by atoms with Gasteiger partial charge in [-0.05, 0) is 62.4 Å². The summed E-state index contributed by atoms with van der Waals surface area (Å²) in [6.45, 7) is 3.31. The molecule has 6 nitrogen and oxygen atoms in total. The number of carboxylic acids is 1. The smallest absolute Gasteiger partial charge is 0.416 e. The Labute approximate surface area is 193 Å². The van der Waals surface area contributed by atoms with E-state index in [1.54, 1.807) is 30.5 Å². The summed E-state index contributed by atoms with van der Waals surface area (Å²) >= 11 is 0. The third kappa shape index (κ3) is 4.98. The summed E-state index contributed by atoms with van der Waals surface area (Å²) in [6, 6.07) is 17.0. The zero-order valence-corrected chi connectivity index (χ0v) is 18.3. The molecule has 176 valence electrons. The number of alkyl halides is 3. The molecular weight excluding hydrogens is 449 g/mol. The van der Waals surface area contributed by atoms with Crippen LogP contribution in [0.1, 0.15) is 31.1 Å². The molecule has 4 rings (SSSR count). The monoisotopic (exact) mass is 470 g/mol. The van der Waals surface area contributed by atoms with Gasteiger partial charge in [0.05, 0.1) is 16.8 Å². The van der Waals surface area contributed by atoms with Crippen molar-refractivity contribution in [3.8, 4) is 17.2 Å². The predicted molar refractivity (Wildman–Crippen MR) is 119 cm³/mol. The summed E-state index contributed by atoms with van der Waals surface area (Å²) in [7, 11) is 0. The van der Waals surface area contributed by atoms with Gasteiger partial charge < -0.3 is 14.6 Å². The van der Waals surface area contributed by atoms with E-state index in [1.807, 2.05) is 25.1 Å². The zero-order valence-electron chi connectivity index (χ0n) is 18.3. The van der Waals surface area contributed by atoms with Crippen molar-refractivity contribution in [3.05, 3.63) is 84.1 Å². The lowest BCUT2D eigenvalue weighted by Gasteiger charge is -2.16. The largest absolute Gasteiger partial charge is 0.486 e. The summed E-state index contributed by atoms with van der Waals surface area (Å²) in [5.74, 6) is -0.0907. The Morgan fingerprint density at radius 3 is 2.15 bits per heavy atom. The first-order valence-electron chi connectivity index (χ1n) is 10.4. The standard InChI is InChI=1S/C25H21F3N2O4/c1-15(33-20-10-12-21(13-11-20)34-16(2)24(31)32)22-5-3-4-17-14-30(29-23(17)22)19-8-6-18(7-9-19)25(26,27)28/h3-16H,1-2H3,(H,31,32). The van der Waals surface area contributed by atoms with Crippen molar-refractivity contribution < 1.29 is 32.5 Å². The average molecular weight is 470 g/mol. The molecule has 2 unspecified atom stereocenters. The number of carbonyl (C=O) groups is 1. The number of aromatic nitrogens is 2. The molecule has 0 bridgehead atoms. The molecule has 1 N–H and O–H groups in total. The Bertz CT molecular complexity index is 1300. The highest BCUT2D eigenvalue weighted by molar-refractivity contribution is 5.82. The molecule has 0 spiro atoms. The third-order valence-electron chi connectivity index (χ3n) is 5.26. The Hall–Kier alpha value is -4.01. The first kappa shape index (κ1) is 23.2. The quantitative estimate of drug-likeness (QED) is 0.357. The minimum atomic E-state index is -4.40. The van der Waals surface area contributed by atoms with Crippen LogP contribution in [0, 0.1) is 0 Å². The van der Waals surface area contributed by atoms with Gasteiger partial charge in [0.15, 0.2) is 6.10 Å². The maximum Gasteiger partial charge on any atom is 0.416 e. The van der Waals surface area contributed by atoms with Crippen LogP contribution in [-0.4, -0.2) is 27.0 Å². The van der Waals surface area contributed by atoms with Crippen LogP contribution < -0.4 is 9.47 Å². The van der Waals surface area contributed by atoms with E-state index in [0.29, 0.717) is 22.7 Å². The fraction of sp³-hybridized carbons (Fsp3) is 0.200. The molecule has 0 aliphatic heterocycles. The lowest BCUT2D eigenvalue weighted by molar-refractivity contribution is -0.144. The highest BCUT2D eigenvalue weighted by Crippen LogP contribution is 2.31. The molecule has 1 aromatic heterocycles. The molecular formula is C25H21F3N2O4. The number of nitrogens with zero attached hydrogens (tertiary/aromatic N) is 2. The molecule has 0 saturated heterocycles. The van der Waals surface area contributed by atoms with Gasteiger partial charge in [0, 0.05) is 17.1 Å². The highest BCUT2D eigenvalue weighted by atomic mass is 19.4. The van der Waals surface area contributed by atoms with Gasteiger partial charge in [-0.1, -0.05) is 18.2 Å². The van der Waals surface area contributed by atoms with E-state index < -0.39 is 23.8 Å². The van der Waals surface area contributed by atoms with Crippen molar-refractivity contribution in [1.29, 1.82) is 0 Å². The van der Waals surface area contributed by atoms with Crippen LogP contribution in [0.2, 0.25) is 0 Å². The van der Waals surface area contributed by atoms with E-state index in [9.17, 15) is 18.0 Å². The molecule has 0 amide bonds. The van der Waals surface area contributed by atoms with Crippen LogP contribution in [0.5, 0.6) is 11.5 Å². The summed E-state index contributed by atoms with van der Waals surface area (Å²) in [4.78, 5) is 10.9. The van der Waals surface area contributed by atoms with E-state index in [2.05, 4.69) is 5.10 Å². The van der Waals surface area contributed by atoms with Gasteiger partial charge in [-0.25, -0.2) is 9.48 Å². The Morgan fingerprint density at radius 1 is 0.941 bits per heavy atom. The number of hydrogen-bond acceptors (Lipinski definition) is 4. The maximum atomic E-state index is 12.9. The maximum absolute atomic E-state index is 12.9. The molecule has 0 aliphatic rings. The van der Waals surface area contributed by atoms with Crippen LogP contribution in [0.3, 0.4) is 0 Å². The molecule has 3 aromatic carbocycles. The van der Waals surface area contributed by atoms with Gasteiger partial charge in [0.25, 0.3) is 0 Å². The summed E-state index contributed by atoms with van der Waals surface area (Å²) in [5, 5.41) is 14.3. The topological polar surface area (TPSA) is 73.6 Å². The van der Waals surface area contributed by atoms with Crippen molar-refractivity contribution in [1.82, 2.24) is 9.78 Å². The molecule has 1 heterocycles. The molecule has 0 fully saturated rings. The molecule has 4 aromatic rings. The van der Waals surface area contributed by atoms with Gasteiger partial charge >= 0.3 is 12.1 Å². The minimum absolute atomic E-state index is 0.385. The minimum Gasteiger partial charge on any atom is -0.486 e.